The van der Waals surface area contributed by atoms with Gasteiger partial charge in [0.05, 0.1) is 24.1 Å². The molecule has 0 radical (unpaired) electrons. The van der Waals surface area contributed by atoms with Gasteiger partial charge in [0.15, 0.2) is 0 Å². The molecule has 9 heteroatoms. The van der Waals surface area contributed by atoms with Crippen molar-refractivity contribution in [2.24, 2.45) is 0 Å². The van der Waals surface area contributed by atoms with Crippen LogP contribution in [0.1, 0.15) is 56.3 Å². The first-order valence-electron chi connectivity index (χ1n) is 16.3. The SMILES string of the molecule is [2H]C([2H])(Nc1cccc2c1C([2H])([2H])N([C@@H]1CCC(=O)NC1=O)C2=O)c1ccc(CN2C([2H])([2H])C([2H])([2H])OC([2H])([2H])C2([2H])[2H])cc1F. The minimum absolute atomic E-state index is 0.129. The molecule has 0 aliphatic carbocycles. The predicted molar refractivity (Wildman–Crippen MR) is 122 cm³/mol. The summed E-state index contributed by atoms with van der Waals surface area (Å²) in [5.41, 5.74) is -1.52. The third-order valence-corrected chi connectivity index (χ3v) is 5.44. The number of ether oxygens (including phenoxy) is 1. The lowest BCUT2D eigenvalue weighted by molar-refractivity contribution is -0.136. The Morgan fingerprint density at radius 1 is 1.21 bits per heavy atom. The van der Waals surface area contributed by atoms with Gasteiger partial charge in [-0.1, -0.05) is 18.2 Å². The molecule has 0 unspecified atom stereocenters. The molecular formula is C25H27FN4O4. The van der Waals surface area contributed by atoms with E-state index in [0.29, 0.717) is 4.90 Å². The maximum absolute atomic E-state index is 15.5. The van der Waals surface area contributed by atoms with Crippen LogP contribution in [0.3, 0.4) is 0 Å². The van der Waals surface area contributed by atoms with Gasteiger partial charge in [0.2, 0.25) is 11.8 Å². The summed E-state index contributed by atoms with van der Waals surface area (Å²) in [5, 5.41) is 4.49. The summed E-state index contributed by atoms with van der Waals surface area (Å²) in [4.78, 5) is 38.3. The van der Waals surface area contributed by atoms with Crippen LogP contribution in [0, 0.1) is 5.82 Å². The van der Waals surface area contributed by atoms with Crippen LogP contribution in [0.5, 0.6) is 0 Å². The zero-order valence-electron chi connectivity index (χ0n) is 29.6. The summed E-state index contributed by atoms with van der Waals surface area (Å²) in [5.74, 6) is -3.52. The largest absolute Gasteiger partial charge is 0.381 e. The normalized spacial score (nSPS) is 34.0. The van der Waals surface area contributed by atoms with Gasteiger partial charge in [-0.3, -0.25) is 24.6 Å². The zero-order chi connectivity index (χ0) is 34.4. The average molecular weight is 479 g/mol. The van der Waals surface area contributed by atoms with Gasteiger partial charge < -0.3 is 15.0 Å². The summed E-state index contributed by atoms with van der Waals surface area (Å²) < 4.78 is 118. The van der Waals surface area contributed by atoms with E-state index in [0.717, 1.165) is 18.2 Å². The minimum Gasteiger partial charge on any atom is -0.381 e. The second-order valence-electron chi connectivity index (χ2n) is 7.66. The fourth-order valence-electron chi connectivity index (χ4n) is 3.77. The Balaban J connectivity index is 1.44. The van der Waals surface area contributed by atoms with Crippen molar-refractivity contribution < 1.29 is 40.0 Å². The maximum atomic E-state index is 15.5. The fraction of sp³-hybridized carbons (Fsp3) is 0.400. The Labute approximate surface area is 213 Å². The first-order chi connectivity index (χ1) is 21.0. The minimum atomic E-state index is -3.31. The van der Waals surface area contributed by atoms with E-state index < -0.39 is 80.8 Å². The number of amides is 3. The third-order valence-electron chi connectivity index (χ3n) is 5.44. The first kappa shape index (κ1) is 12.4. The molecule has 178 valence electrons. The summed E-state index contributed by atoms with van der Waals surface area (Å²) >= 11 is 0. The number of morpholine rings is 1. The number of nitrogens with one attached hydrogen (secondary N) is 2. The van der Waals surface area contributed by atoms with Crippen LogP contribution in [0.25, 0.3) is 0 Å². The molecule has 0 bridgehead atoms. The van der Waals surface area contributed by atoms with E-state index in [1.54, 1.807) is 0 Å². The number of carbonyl (C=O) groups is 3. The standard InChI is InChI=1S/C25H27FN4O4/c26-20-12-16(14-29-8-10-34-11-9-29)4-5-17(20)13-27-21-3-1-2-18-19(21)15-30(25(18)33)22-6-7-23(31)28-24(22)32/h1-5,12,22,27H,6-11,13-15H2,(H,28,31,32)/t22-/m1/s1/i8D2,9D2,10D2,11D2,13D2,15D2. The van der Waals surface area contributed by atoms with Gasteiger partial charge in [-0.2, -0.15) is 0 Å². The molecule has 2 N–H and O–H groups in total. The molecule has 34 heavy (non-hydrogen) atoms. The number of carbonyl (C=O) groups excluding carboxylic acids is 3. The summed E-state index contributed by atoms with van der Waals surface area (Å²) in [6.45, 7) is -19.3. The van der Waals surface area contributed by atoms with Gasteiger partial charge in [0.1, 0.15) is 11.9 Å². The van der Waals surface area contributed by atoms with E-state index in [4.69, 9.17) is 16.4 Å². The molecule has 3 aliphatic rings. The Kier molecular flexibility index (Phi) is 3.48. The fourth-order valence-corrected chi connectivity index (χ4v) is 3.77. The van der Waals surface area contributed by atoms with Crippen molar-refractivity contribution in [3.8, 4) is 0 Å². The number of rotatable bonds is 6. The van der Waals surface area contributed by atoms with E-state index in [9.17, 15) is 14.4 Å². The van der Waals surface area contributed by atoms with E-state index in [-0.39, 0.29) is 40.1 Å². The Morgan fingerprint density at radius 2 is 2.03 bits per heavy atom. The third kappa shape index (κ3) is 4.53. The topological polar surface area (TPSA) is 91.0 Å². The van der Waals surface area contributed by atoms with Gasteiger partial charge in [-0.05, 0) is 30.2 Å². The average Bonchev–Trinajstić information content (AvgIpc) is 3.11. The molecule has 2 saturated heterocycles. The predicted octanol–water partition coefficient (Wildman–Crippen LogP) is 2.03. The van der Waals surface area contributed by atoms with Crippen LogP contribution in [-0.4, -0.2) is 59.7 Å². The number of anilines is 1. The van der Waals surface area contributed by atoms with Crippen molar-refractivity contribution in [2.45, 2.75) is 38.4 Å². The molecule has 5 rings (SSSR count). The smallest absolute Gasteiger partial charge is 0.255 e. The quantitative estimate of drug-likeness (QED) is 0.618. The number of hydrogen-bond donors (Lipinski definition) is 2. The van der Waals surface area contributed by atoms with Crippen molar-refractivity contribution in [1.29, 1.82) is 0 Å². The summed E-state index contributed by atoms with van der Waals surface area (Å²) in [6.07, 6.45) is -0.260. The Hall–Kier alpha value is -3.30. The molecular weight excluding hydrogens is 439 g/mol. The van der Waals surface area contributed by atoms with Gasteiger partial charge in [-0.15, -0.1) is 0 Å². The lowest BCUT2D eigenvalue weighted by Crippen LogP contribution is -2.52. The second kappa shape index (κ2) is 9.52. The highest BCUT2D eigenvalue weighted by Crippen LogP contribution is 2.32. The van der Waals surface area contributed by atoms with E-state index in [1.165, 1.54) is 18.2 Å². The molecule has 3 heterocycles. The van der Waals surface area contributed by atoms with Crippen molar-refractivity contribution >= 4 is 23.4 Å². The highest BCUT2D eigenvalue weighted by atomic mass is 19.1. The number of piperidine rings is 1. The monoisotopic (exact) mass is 478 g/mol. The van der Waals surface area contributed by atoms with Crippen LogP contribution in [0.15, 0.2) is 36.4 Å². The molecule has 2 aromatic carbocycles. The Morgan fingerprint density at radius 3 is 2.79 bits per heavy atom. The lowest BCUT2D eigenvalue weighted by atomic mass is 10.0. The maximum Gasteiger partial charge on any atom is 0.255 e. The van der Waals surface area contributed by atoms with Gasteiger partial charge in [0.25, 0.3) is 5.91 Å². The van der Waals surface area contributed by atoms with E-state index in [2.05, 4.69) is 15.4 Å². The number of fused-ring (bicyclic) bond motifs is 1. The molecule has 3 amide bonds. The number of halogens is 1. The van der Waals surface area contributed by atoms with Crippen molar-refractivity contribution in [2.75, 3.05) is 31.4 Å². The van der Waals surface area contributed by atoms with Crippen molar-refractivity contribution in [3.63, 3.8) is 0 Å². The molecule has 1 atom stereocenters. The number of imide groups is 1. The molecule has 2 aromatic rings. The van der Waals surface area contributed by atoms with Gasteiger partial charge in [0, 0.05) is 66.8 Å². The summed E-state index contributed by atoms with van der Waals surface area (Å²) in [7, 11) is 0. The molecule has 0 aromatic heterocycles. The Bertz CT molecular complexity index is 1610. The van der Waals surface area contributed by atoms with Gasteiger partial charge in [-0.25, -0.2) is 4.39 Å². The van der Waals surface area contributed by atoms with Crippen LogP contribution >= 0.6 is 0 Å². The van der Waals surface area contributed by atoms with Crippen LogP contribution in [-0.2, 0) is 33.9 Å². The molecule has 3 aliphatic heterocycles. The molecule has 0 saturated carbocycles. The summed E-state index contributed by atoms with van der Waals surface area (Å²) in [6, 6.07) is 5.35. The molecule has 0 spiro atoms. The van der Waals surface area contributed by atoms with E-state index in [1.807, 2.05) is 0 Å². The van der Waals surface area contributed by atoms with Crippen LogP contribution in [0.4, 0.5) is 10.1 Å². The number of nitrogens with zero attached hydrogens (tertiary/aromatic N) is 2. The number of benzene rings is 2. The highest BCUT2D eigenvalue weighted by Gasteiger charge is 2.39. The molecule has 8 nitrogen and oxygen atoms in total. The number of hydrogen-bond acceptors (Lipinski definition) is 6. The lowest BCUT2D eigenvalue weighted by Gasteiger charge is -2.29. The van der Waals surface area contributed by atoms with Crippen LogP contribution < -0.4 is 10.6 Å². The van der Waals surface area contributed by atoms with Crippen molar-refractivity contribution in [3.05, 3.63) is 64.5 Å². The highest BCUT2D eigenvalue weighted by molar-refractivity contribution is 6.06. The van der Waals surface area contributed by atoms with E-state index >= 15 is 4.39 Å². The first-order valence-corrected chi connectivity index (χ1v) is 10.3. The van der Waals surface area contributed by atoms with Crippen molar-refractivity contribution in [1.82, 2.24) is 15.1 Å². The molecule has 2 fully saturated rings. The zero-order valence-corrected chi connectivity index (χ0v) is 17.6. The van der Waals surface area contributed by atoms with Gasteiger partial charge >= 0.3 is 0 Å². The van der Waals surface area contributed by atoms with Crippen LogP contribution in [0.2, 0.25) is 0 Å². The second-order valence-corrected chi connectivity index (χ2v) is 7.66.